The summed E-state index contributed by atoms with van der Waals surface area (Å²) in [5.41, 5.74) is 6.77. The Balaban J connectivity index is 0.00000338. The van der Waals surface area contributed by atoms with E-state index in [9.17, 15) is 13.2 Å². The topological polar surface area (TPSA) is 101 Å². The highest BCUT2D eigenvalue weighted by Gasteiger charge is 2.15. The molecule has 4 N–H and O–H groups in total. The van der Waals surface area contributed by atoms with E-state index in [1.165, 1.54) is 12.1 Å². The van der Waals surface area contributed by atoms with Crippen molar-refractivity contribution in [3.05, 3.63) is 60.2 Å². The number of amides is 1. The summed E-state index contributed by atoms with van der Waals surface area (Å²) in [5.74, 6) is -0.113. The molecular weight excluding hydrogens is 374 g/mol. The van der Waals surface area contributed by atoms with Crippen LogP contribution in [-0.2, 0) is 21.4 Å². The van der Waals surface area contributed by atoms with Crippen molar-refractivity contribution in [1.29, 1.82) is 0 Å². The average Bonchev–Trinajstić information content (AvgIpc) is 2.59. The van der Waals surface area contributed by atoms with Gasteiger partial charge in [0, 0.05) is 19.0 Å². The number of halogens is 1. The van der Waals surface area contributed by atoms with Crippen LogP contribution in [0.2, 0.25) is 0 Å². The Morgan fingerprint density at radius 2 is 1.69 bits per heavy atom. The van der Waals surface area contributed by atoms with E-state index in [1.807, 2.05) is 6.92 Å². The van der Waals surface area contributed by atoms with Crippen LogP contribution in [0.5, 0.6) is 0 Å². The number of carbonyl (C=O) groups excluding carboxylic acids is 1. The molecule has 0 spiro atoms. The first kappa shape index (κ1) is 22.0. The van der Waals surface area contributed by atoms with Gasteiger partial charge in [0.05, 0.1) is 10.6 Å². The molecule has 0 heterocycles. The highest BCUT2D eigenvalue weighted by Crippen LogP contribution is 2.20. The first-order valence-electron chi connectivity index (χ1n) is 8.06. The molecule has 2 aromatic rings. The third-order valence-electron chi connectivity index (χ3n) is 3.62. The maximum atomic E-state index is 12.5. The van der Waals surface area contributed by atoms with Gasteiger partial charge in [-0.15, -0.1) is 12.4 Å². The molecule has 0 saturated heterocycles. The summed E-state index contributed by atoms with van der Waals surface area (Å²) in [4.78, 5) is 12.0. The molecule has 0 aromatic heterocycles. The van der Waals surface area contributed by atoms with Crippen LogP contribution in [0.15, 0.2) is 59.5 Å². The zero-order valence-electron chi connectivity index (χ0n) is 14.5. The van der Waals surface area contributed by atoms with Gasteiger partial charge < -0.3 is 11.1 Å². The van der Waals surface area contributed by atoms with Gasteiger partial charge in [0.15, 0.2) is 0 Å². The smallest absolute Gasteiger partial charge is 0.261 e. The number of anilines is 1. The molecule has 1 atom stereocenters. The summed E-state index contributed by atoms with van der Waals surface area (Å²) in [6.45, 7) is 2.09. The Morgan fingerprint density at radius 3 is 2.35 bits per heavy atom. The number of hydrogen-bond acceptors (Lipinski definition) is 4. The number of carbonyl (C=O) groups is 1. The van der Waals surface area contributed by atoms with Gasteiger partial charge in [-0.1, -0.05) is 36.4 Å². The number of nitrogens with two attached hydrogens (primary N) is 1. The first-order valence-corrected chi connectivity index (χ1v) is 9.55. The molecule has 1 unspecified atom stereocenters. The molecule has 0 bridgehead atoms. The third-order valence-corrected chi connectivity index (χ3v) is 5.00. The second-order valence-electron chi connectivity index (χ2n) is 5.87. The molecule has 6 nitrogen and oxygen atoms in total. The van der Waals surface area contributed by atoms with E-state index in [4.69, 9.17) is 5.73 Å². The molecule has 0 aliphatic carbocycles. The fourth-order valence-electron chi connectivity index (χ4n) is 2.22. The van der Waals surface area contributed by atoms with Gasteiger partial charge in [-0.2, -0.15) is 0 Å². The van der Waals surface area contributed by atoms with Gasteiger partial charge in [0.1, 0.15) is 0 Å². The standard InChI is InChI=1S/C18H23N3O3S.ClH/c1-14(19)11-12-18(22)20-13-15-7-5-6-10-17(15)21-25(23,24)16-8-3-2-4-9-16;/h2-10,14,21H,11-13,19H2,1H3,(H,20,22);1H. The lowest BCUT2D eigenvalue weighted by Gasteiger charge is -2.13. The van der Waals surface area contributed by atoms with Gasteiger partial charge in [-0.25, -0.2) is 8.42 Å². The highest BCUT2D eigenvalue weighted by molar-refractivity contribution is 7.92. The molecule has 0 radical (unpaired) electrons. The second kappa shape index (κ2) is 10.2. The number of benzene rings is 2. The van der Waals surface area contributed by atoms with Crippen molar-refractivity contribution in [3.8, 4) is 0 Å². The summed E-state index contributed by atoms with van der Waals surface area (Å²) < 4.78 is 27.5. The van der Waals surface area contributed by atoms with Gasteiger partial charge in [-0.3, -0.25) is 9.52 Å². The van der Waals surface area contributed by atoms with Crippen LogP contribution in [-0.4, -0.2) is 20.4 Å². The molecule has 0 saturated carbocycles. The fourth-order valence-corrected chi connectivity index (χ4v) is 3.34. The van der Waals surface area contributed by atoms with Crippen molar-refractivity contribution in [2.75, 3.05) is 4.72 Å². The molecule has 0 aliphatic rings. The molecule has 1 amide bonds. The molecule has 142 valence electrons. The predicted molar refractivity (Wildman–Crippen MR) is 106 cm³/mol. The van der Waals surface area contributed by atoms with E-state index in [2.05, 4.69) is 10.0 Å². The van der Waals surface area contributed by atoms with Gasteiger partial charge >= 0.3 is 0 Å². The molecule has 0 aliphatic heterocycles. The number of nitrogens with one attached hydrogen (secondary N) is 2. The summed E-state index contributed by atoms with van der Waals surface area (Å²) in [7, 11) is -3.68. The van der Waals surface area contributed by atoms with E-state index in [-0.39, 0.29) is 35.8 Å². The number of sulfonamides is 1. The maximum absolute atomic E-state index is 12.5. The zero-order valence-corrected chi connectivity index (χ0v) is 16.1. The van der Waals surface area contributed by atoms with Crippen LogP contribution >= 0.6 is 12.4 Å². The Morgan fingerprint density at radius 1 is 1.08 bits per heavy atom. The number of para-hydroxylation sites is 1. The summed E-state index contributed by atoms with van der Waals surface area (Å²) in [6, 6.07) is 15.1. The normalized spacial score (nSPS) is 11.9. The Labute approximate surface area is 160 Å². The lowest BCUT2D eigenvalue weighted by atomic mass is 10.1. The largest absolute Gasteiger partial charge is 0.352 e. The van der Waals surface area contributed by atoms with Crippen LogP contribution < -0.4 is 15.8 Å². The lowest BCUT2D eigenvalue weighted by Crippen LogP contribution is -2.26. The van der Waals surface area contributed by atoms with Crippen molar-refractivity contribution in [2.24, 2.45) is 5.73 Å². The van der Waals surface area contributed by atoms with E-state index in [1.54, 1.807) is 42.5 Å². The van der Waals surface area contributed by atoms with Crippen LogP contribution in [0.1, 0.15) is 25.3 Å². The van der Waals surface area contributed by atoms with Crippen molar-refractivity contribution >= 4 is 34.0 Å². The van der Waals surface area contributed by atoms with Crippen LogP contribution in [0.3, 0.4) is 0 Å². The molecule has 26 heavy (non-hydrogen) atoms. The molecule has 0 fully saturated rings. The predicted octanol–water partition coefficient (Wildman–Crippen LogP) is 2.65. The van der Waals surface area contributed by atoms with Gasteiger partial charge in [0.2, 0.25) is 5.91 Å². The first-order chi connectivity index (χ1) is 11.9. The van der Waals surface area contributed by atoms with E-state index >= 15 is 0 Å². The van der Waals surface area contributed by atoms with Crippen LogP contribution in [0.4, 0.5) is 5.69 Å². The lowest BCUT2D eigenvalue weighted by molar-refractivity contribution is -0.121. The monoisotopic (exact) mass is 397 g/mol. The summed E-state index contributed by atoms with van der Waals surface area (Å²) in [6.07, 6.45) is 0.948. The van der Waals surface area contributed by atoms with Crippen molar-refractivity contribution in [3.63, 3.8) is 0 Å². The Hall–Kier alpha value is -2.09. The average molecular weight is 398 g/mol. The second-order valence-corrected chi connectivity index (χ2v) is 7.55. The molecule has 2 rings (SSSR count). The zero-order chi connectivity index (χ0) is 18.3. The molecular formula is C18H24ClN3O3S. The Kier molecular flexibility index (Phi) is 8.57. The van der Waals surface area contributed by atoms with E-state index < -0.39 is 10.0 Å². The highest BCUT2D eigenvalue weighted by atomic mass is 35.5. The number of hydrogen-bond donors (Lipinski definition) is 3. The van der Waals surface area contributed by atoms with Gasteiger partial charge in [-0.05, 0) is 37.1 Å². The fraction of sp³-hybridized carbons (Fsp3) is 0.278. The number of rotatable bonds is 8. The maximum Gasteiger partial charge on any atom is 0.261 e. The van der Waals surface area contributed by atoms with Gasteiger partial charge in [0.25, 0.3) is 10.0 Å². The minimum Gasteiger partial charge on any atom is -0.352 e. The van der Waals surface area contributed by atoms with Crippen molar-refractivity contribution in [2.45, 2.75) is 37.2 Å². The van der Waals surface area contributed by atoms with E-state index in [0.717, 1.165) is 0 Å². The quantitative estimate of drug-likeness (QED) is 0.637. The molecule has 2 aromatic carbocycles. The van der Waals surface area contributed by atoms with Crippen LogP contribution in [0, 0.1) is 0 Å². The molecule has 8 heteroatoms. The summed E-state index contributed by atoms with van der Waals surface area (Å²) in [5, 5.41) is 2.79. The van der Waals surface area contributed by atoms with Crippen molar-refractivity contribution < 1.29 is 13.2 Å². The van der Waals surface area contributed by atoms with Crippen LogP contribution in [0.25, 0.3) is 0 Å². The van der Waals surface area contributed by atoms with E-state index in [0.29, 0.717) is 24.1 Å². The van der Waals surface area contributed by atoms with Crippen molar-refractivity contribution in [1.82, 2.24) is 5.32 Å². The summed E-state index contributed by atoms with van der Waals surface area (Å²) >= 11 is 0. The Bertz CT molecular complexity index is 811. The third kappa shape index (κ3) is 6.67. The SMILES string of the molecule is CC(N)CCC(=O)NCc1ccccc1NS(=O)(=O)c1ccccc1.Cl. The minimum atomic E-state index is -3.68. The minimum absolute atomic E-state index is 0.